The molecule has 9 heteroatoms. The van der Waals surface area contributed by atoms with E-state index in [-0.39, 0.29) is 23.2 Å². The molecule has 0 saturated heterocycles. The highest BCUT2D eigenvalue weighted by molar-refractivity contribution is 5.93. The molecule has 1 heterocycles. The smallest absolute Gasteiger partial charge is 0.272 e. The minimum Gasteiger partial charge on any atom is -0.470 e. The number of aromatic nitrogens is 2. The second kappa shape index (κ2) is 7.51. The van der Waals surface area contributed by atoms with Gasteiger partial charge < -0.3 is 10.1 Å². The minimum absolute atomic E-state index is 0.151. The van der Waals surface area contributed by atoms with E-state index in [9.17, 15) is 13.2 Å². The van der Waals surface area contributed by atoms with Crippen LogP contribution >= 0.6 is 0 Å². The molecule has 1 aliphatic rings. The Morgan fingerprint density at radius 2 is 1.96 bits per heavy atom. The van der Waals surface area contributed by atoms with Gasteiger partial charge in [0.05, 0.1) is 11.1 Å². The van der Waals surface area contributed by atoms with Gasteiger partial charge in [0.25, 0.3) is 6.43 Å². The number of hydrogen-bond acceptors (Lipinski definition) is 6. The zero-order chi connectivity index (χ0) is 18.6. The van der Waals surface area contributed by atoms with Crippen molar-refractivity contribution < 1.29 is 17.9 Å². The van der Waals surface area contributed by atoms with Gasteiger partial charge in [-0.15, -0.1) is 5.10 Å². The molecule has 1 aromatic heterocycles. The average Bonchev–Trinajstić information content (AvgIpc) is 3.40. The van der Waals surface area contributed by atoms with Crippen LogP contribution in [0.5, 0.6) is 0 Å². The van der Waals surface area contributed by atoms with Crippen molar-refractivity contribution in [2.75, 3.05) is 11.9 Å². The molecule has 0 amide bonds. The summed E-state index contributed by atoms with van der Waals surface area (Å²) in [5.41, 5.74) is 0.309. The van der Waals surface area contributed by atoms with Crippen LogP contribution in [0, 0.1) is 5.82 Å². The van der Waals surface area contributed by atoms with Gasteiger partial charge in [0.1, 0.15) is 5.82 Å². The van der Waals surface area contributed by atoms with Crippen LogP contribution in [0.25, 0.3) is 0 Å². The second-order valence-electron chi connectivity index (χ2n) is 5.73. The first kappa shape index (κ1) is 17.8. The van der Waals surface area contributed by atoms with Crippen LogP contribution in [0.4, 0.5) is 19.1 Å². The van der Waals surface area contributed by atoms with Gasteiger partial charge in [0.2, 0.25) is 11.8 Å². The van der Waals surface area contributed by atoms with Crippen molar-refractivity contribution in [2.24, 2.45) is 10.2 Å². The molecule has 26 heavy (non-hydrogen) atoms. The molecule has 0 radical (unpaired) electrons. The first-order valence-electron chi connectivity index (χ1n) is 7.84. The molecule has 0 aliphatic heterocycles. The van der Waals surface area contributed by atoms with E-state index in [1.807, 2.05) is 0 Å². The highest BCUT2D eigenvalue weighted by Crippen LogP contribution is 2.48. The van der Waals surface area contributed by atoms with Crippen LogP contribution in [0.3, 0.4) is 0 Å². The lowest BCUT2D eigenvalue weighted by molar-refractivity contribution is 0.0765. The van der Waals surface area contributed by atoms with Gasteiger partial charge in [0.15, 0.2) is 6.61 Å². The summed E-state index contributed by atoms with van der Waals surface area (Å²) in [5.74, 6) is -0.155. The number of benzene rings is 1. The molecule has 1 aromatic carbocycles. The third kappa shape index (κ3) is 3.98. The lowest BCUT2D eigenvalue weighted by Crippen LogP contribution is -2.22. The van der Waals surface area contributed by atoms with Gasteiger partial charge in [-0.1, -0.05) is 18.2 Å². The fraction of sp³-hybridized carbons (Fsp3) is 0.294. The van der Waals surface area contributed by atoms with Crippen molar-refractivity contribution in [1.82, 2.24) is 9.97 Å². The Hall–Kier alpha value is -2.97. The summed E-state index contributed by atoms with van der Waals surface area (Å²) in [5, 5.41) is 9.99. The van der Waals surface area contributed by atoms with E-state index in [0.717, 1.165) is 12.8 Å². The maximum atomic E-state index is 14.0. The Bertz CT molecular complexity index is 806. The predicted molar refractivity (Wildman–Crippen MR) is 91.0 cm³/mol. The van der Waals surface area contributed by atoms with Crippen molar-refractivity contribution in [2.45, 2.75) is 24.8 Å². The fourth-order valence-corrected chi connectivity index (χ4v) is 2.53. The number of rotatable bonds is 7. The first-order valence-corrected chi connectivity index (χ1v) is 7.84. The molecule has 0 atom stereocenters. The molecule has 0 unspecified atom stereocenters. The maximum absolute atomic E-state index is 14.0. The number of nitrogens with zero attached hydrogens (tertiary/aromatic N) is 4. The zero-order valence-electron chi connectivity index (χ0n) is 13.7. The molecule has 136 valence electrons. The Balaban J connectivity index is 1.74. The van der Waals surface area contributed by atoms with Crippen molar-refractivity contribution in [1.29, 1.82) is 0 Å². The third-order valence-electron chi connectivity index (χ3n) is 3.90. The summed E-state index contributed by atoms with van der Waals surface area (Å²) >= 11 is 0. The Morgan fingerprint density at radius 3 is 2.54 bits per heavy atom. The number of alkyl halides is 2. The first-order chi connectivity index (χ1) is 12.5. The summed E-state index contributed by atoms with van der Waals surface area (Å²) < 4.78 is 43.5. The number of ether oxygens (including phenoxy) is 1. The van der Waals surface area contributed by atoms with Gasteiger partial charge in [-0.25, -0.2) is 23.1 Å². The Morgan fingerprint density at radius 1 is 1.27 bits per heavy atom. The summed E-state index contributed by atoms with van der Waals surface area (Å²) in [6.45, 7) is 2.35. The van der Waals surface area contributed by atoms with Gasteiger partial charge in [-0.3, -0.25) is 0 Å². The quantitative estimate of drug-likeness (QED) is 0.465. The number of halogens is 3. The van der Waals surface area contributed by atoms with Crippen molar-refractivity contribution >= 4 is 18.6 Å². The monoisotopic (exact) mass is 363 g/mol. The van der Waals surface area contributed by atoms with Gasteiger partial charge in [0, 0.05) is 24.7 Å². The van der Waals surface area contributed by atoms with Crippen molar-refractivity contribution in [3.8, 4) is 0 Å². The van der Waals surface area contributed by atoms with Gasteiger partial charge in [-0.05, 0) is 18.9 Å². The van der Waals surface area contributed by atoms with Crippen LogP contribution < -0.4 is 5.32 Å². The van der Waals surface area contributed by atoms with Crippen molar-refractivity contribution in [3.05, 3.63) is 53.6 Å². The minimum atomic E-state index is -2.65. The van der Waals surface area contributed by atoms with E-state index in [1.54, 1.807) is 18.2 Å². The number of nitrogens with one attached hydrogen (secondary N) is 1. The molecule has 3 rings (SSSR count). The predicted octanol–water partition coefficient (Wildman–Crippen LogP) is 3.36. The van der Waals surface area contributed by atoms with Gasteiger partial charge >= 0.3 is 0 Å². The SMILES string of the molecule is C=N/N=C(\OCC(F)F)c1cnc(NC2(c3ccccc3F)CC2)nc1. The van der Waals surface area contributed by atoms with Crippen LogP contribution in [0.15, 0.2) is 46.9 Å². The lowest BCUT2D eigenvalue weighted by Gasteiger charge is -2.18. The van der Waals surface area contributed by atoms with E-state index in [0.29, 0.717) is 5.56 Å². The van der Waals surface area contributed by atoms with Crippen LogP contribution in [-0.2, 0) is 10.3 Å². The molecule has 2 aromatic rings. The summed E-state index contributed by atoms with van der Waals surface area (Å²) in [7, 11) is 0. The topological polar surface area (TPSA) is 71.8 Å². The van der Waals surface area contributed by atoms with Crippen LogP contribution in [-0.4, -0.2) is 35.6 Å². The van der Waals surface area contributed by atoms with E-state index < -0.39 is 18.6 Å². The maximum Gasteiger partial charge on any atom is 0.272 e. The molecular formula is C17H16F3N5O. The molecule has 1 saturated carbocycles. The van der Waals surface area contributed by atoms with E-state index in [1.165, 1.54) is 18.5 Å². The number of hydrogen-bond donors (Lipinski definition) is 1. The third-order valence-corrected chi connectivity index (χ3v) is 3.90. The second-order valence-corrected chi connectivity index (χ2v) is 5.73. The highest BCUT2D eigenvalue weighted by atomic mass is 19.3. The highest BCUT2D eigenvalue weighted by Gasteiger charge is 2.46. The Labute approximate surface area is 147 Å². The van der Waals surface area contributed by atoms with E-state index in [2.05, 4.69) is 32.2 Å². The summed E-state index contributed by atoms with van der Waals surface area (Å²) in [4.78, 5) is 8.27. The van der Waals surface area contributed by atoms with Gasteiger partial charge in [-0.2, -0.15) is 5.10 Å². The zero-order valence-corrected chi connectivity index (χ0v) is 13.7. The van der Waals surface area contributed by atoms with Crippen LogP contribution in [0.1, 0.15) is 24.0 Å². The Kier molecular flexibility index (Phi) is 5.15. The molecule has 1 fully saturated rings. The van der Waals surface area contributed by atoms with Crippen molar-refractivity contribution in [3.63, 3.8) is 0 Å². The molecule has 1 N–H and O–H groups in total. The van der Waals surface area contributed by atoms with E-state index in [4.69, 9.17) is 4.74 Å². The molecule has 0 spiro atoms. The number of anilines is 1. The molecular weight excluding hydrogens is 347 g/mol. The average molecular weight is 363 g/mol. The summed E-state index contributed by atoms with van der Waals surface area (Å²) in [6, 6.07) is 6.54. The summed E-state index contributed by atoms with van der Waals surface area (Å²) in [6.07, 6.45) is 1.58. The molecule has 6 nitrogen and oxygen atoms in total. The standard InChI is InChI=1S/C17H16F3N5O/c1-21-25-15(26-10-14(19)20)11-8-22-16(23-9-11)24-17(6-7-17)12-4-2-3-5-13(12)18/h2-5,8-9,14H,1,6-7,10H2,(H,22,23,24)/b25-15-. The van der Waals surface area contributed by atoms with E-state index >= 15 is 0 Å². The lowest BCUT2D eigenvalue weighted by atomic mass is 10.0. The molecule has 1 aliphatic carbocycles. The fourth-order valence-electron chi connectivity index (χ4n) is 2.53. The normalized spacial score (nSPS) is 15.6. The largest absolute Gasteiger partial charge is 0.470 e. The molecule has 0 bridgehead atoms. The van der Waals surface area contributed by atoms with Crippen LogP contribution in [0.2, 0.25) is 0 Å².